The van der Waals surface area contributed by atoms with Crippen LogP contribution in [0.25, 0.3) is 0 Å². The minimum absolute atomic E-state index is 0.118. The topological polar surface area (TPSA) is 26.3 Å². The molecular weight excluding hydrogens is 164 g/mol. The summed E-state index contributed by atoms with van der Waals surface area (Å²) in [5.41, 5.74) is 1.05. The Bertz CT molecular complexity index is 196. The van der Waals surface area contributed by atoms with E-state index in [1.54, 1.807) is 6.08 Å². The highest BCUT2D eigenvalue weighted by Gasteiger charge is 2.39. The van der Waals surface area contributed by atoms with Gasteiger partial charge in [0, 0.05) is 11.5 Å². The van der Waals surface area contributed by atoms with Crippen LogP contribution in [0, 0.1) is 5.92 Å². The first-order chi connectivity index (χ1) is 5.06. The Morgan fingerprint density at radius 3 is 2.73 bits per heavy atom. The highest BCUT2D eigenvalue weighted by molar-refractivity contribution is 6.25. The molecule has 0 amide bonds. The standard InChI is InChI=1S/C8H11ClO2/c1-8(2)6(3-4-9)5-7(10)11-8/h3-4,6H,5H2,1-2H3/b4-3+. The summed E-state index contributed by atoms with van der Waals surface area (Å²) < 4.78 is 5.07. The van der Waals surface area contributed by atoms with Crippen molar-refractivity contribution >= 4 is 17.6 Å². The van der Waals surface area contributed by atoms with Crippen LogP contribution in [0.4, 0.5) is 0 Å². The number of carbonyl (C=O) groups is 1. The van der Waals surface area contributed by atoms with E-state index in [0.717, 1.165) is 0 Å². The molecule has 0 aromatic heterocycles. The van der Waals surface area contributed by atoms with E-state index in [0.29, 0.717) is 6.42 Å². The summed E-state index contributed by atoms with van der Waals surface area (Å²) in [5, 5.41) is 0. The van der Waals surface area contributed by atoms with E-state index in [4.69, 9.17) is 16.3 Å². The van der Waals surface area contributed by atoms with Crippen molar-refractivity contribution in [2.24, 2.45) is 5.92 Å². The number of halogens is 1. The molecule has 1 saturated heterocycles. The van der Waals surface area contributed by atoms with Crippen LogP contribution in [0.2, 0.25) is 0 Å². The van der Waals surface area contributed by atoms with Crippen LogP contribution < -0.4 is 0 Å². The molecule has 0 N–H and O–H groups in total. The van der Waals surface area contributed by atoms with Gasteiger partial charge in [-0.25, -0.2) is 0 Å². The summed E-state index contributed by atoms with van der Waals surface area (Å²) in [7, 11) is 0. The Balaban J connectivity index is 2.73. The summed E-state index contributed by atoms with van der Waals surface area (Å²) in [6, 6.07) is 0. The van der Waals surface area contributed by atoms with Crippen molar-refractivity contribution < 1.29 is 9.53 Å². The minimum Gasteiger partial charge on any atom is -0.459 e. The zero-order valence-electron chi connectivity index (χ0n) is 6.63. The van der Waals surface area contributed by atoms with E-state index in [1.807, 2.05) is 13.8 Å². The fourth-order valence-electron chi connectivity index (χ4n) is 1.22. The molecule has 0 spiro atoms. The summed E-state index contributed by atoms with van der Waals surface area (Å²) in [6.07, 6.45) is 2.24. The number of cyclic esters (lactones) is 1. The predicted octanol–water partition coefficient (Wildman–Crippen LogP) is 2.08. The van der Waals surface area contributed by atoms with Gasteiger partial charge in [-0.15, -0.1) is 0 Å². The van der Waals surface area contributed by atoms with E-state index in [2.05, 4.69) is 0 Å². The fourth-order valence-corrected chi connectivity index (χ4v) is 1.40. The van der Waals surface area contributed by atoms with Gasteiger partial charge in [-0.05, 0) is 13.8 Å². The third-order valence-electron chi connectivity index (χ3n) is 1.96. The SMILES string of the molecule is CC1(C)OC(=O)CC1/C=C/Cl. The molecule has 1 aliphatic rings. The summed E-state index contributed by atoms with van der Waals surface area (Å²) in [4.78, 5) is 10.8. The zero-order chi connectivity index (χ0) is 8.48. The van der Waals surface area contributed by atoms with Crippen LogP contribution in [0.15, 0.2) is 11.6 Å². The van der Waals surface area contributed by atoms with Crippen LogP contribution in [-0.4, -0.2) is 11.6 Å². The molecule has 2 nitrogen and oxygen atoms in total. The van der Waals surface area contributed by atoms with E-state index < -0.39 is 0 Å². The fraction of sp³-hybridized carbons (Fsp3) is 0.625. The van der Waals surface area contributed by atoms with Gasteiger partial charge in [0.2, 0.25) is 0 Å². The molecule has 0 aromatic carbocycles. The van der Waals surface area contributed by atoms with Crippen molar-refractivity contribution in [3.8, 4) is 0 Å². The third-order valence-corrected chi connectivity index (χ3v) is 2.11. The maximum absolute atomic E-state index is 10.8. The number of hydrogen-bond donors (Lipinski definition) is 0. The van der Waals surface area contributed by atoms with Crippen LogP contribution >= 0.6 is 11.6 Å². The van der Waals surface area contributed by atoms with Gasteiger partial charge in [0.1, 0.15) is 5.60 Å². The van der Waals surface area contributed by atoms with Crippen LogP contribution in [0.5, 0.6) is 0 Å². The van der Waals surface area contributed by atoms with E-state index in [9.17, 15) is 4.79 Å². The number of carbonyl (C=O) groups excluding carboxylic acids is 1. The molecule has 1 heterocycles. The number of hydrogen-bond acceptors (Lipinski definition) is 2. The van der Waals surface area contributed by atoms with Gasteiger partial charge in [-0.2, -0.15) is 0 Å². The second-order valence-electron chi connectivity index (χ2n) is 3.21. The molecular formula is C8H11ClO2. The number of esters is 1. The highest BCUT2D eigenvalue weighted by Crippen LogP contribution is 2.33. The van der Waals surface area contributed by atoms with Crippen molar-refractivity contribution in [1.82, 2.24) is 0 Å². The van der Waals surface area contributed by atoms with E-state index in [-0.39, 0.29) is 17.5 Å². The summed E-state index contributed by atoms with van der Waals surface area (Å²) in [5.74, 6) is -0.0257. The molecule has 0 aromatic rings. The Morgan fingerprint density at radius 1 is 1.73 bits per heavy atom. The molecule has 3 heteroatoms. The molecule has 62 valence electrons. The number of rotatable bonds is 1. The van der Waals surface area contributed by atoms with Crippen molar-refractivity contribution in [3.63, 3.8) is 0 Å². The maximum atomic E-state index is 10.8. The molecule has 1 fully saturated rings. The third kappa shape index (κ3) is 1.74. The van der Waals surface area contributed by atoms with Crippen molar-refractivity contribution in [1.29, 1.82) is 0 Å². The Morgan fingerprint density at radius 2 is 2.36 bits per heavy atom. The molecule has 0 aliphatic carbocycles. The van der Waals surface area contributed by atoms with Gasteiger partial charge < -0.3 is 4.74 Å². The quantitative estimate of drug-likeness (QED) is 0.569. The van der Waals surface area contributed by atoms with E-state index >= 15 is 0 Å². The van der Waals surface area contributed by atoms with Crippen molar-refractivity contribution in [2.75, 3.05) is 0 Å². The van der Waals surface area contributed by atoms with Crippen LogP contribution in [0.1, 0.15) is 20.3 Å². The normalized spacial score (nSPS) is 29.4. The van der Waals surface area contributed by atoms with Crippen molar-refractivity contribution in [3.05, 3.63) is 11.6 Å². The minimum atomic E-state index is -0.386. The van der Waals surface area contributed by atoms with Gasteiger partial charge in [-0.1, -0.05) is 17.7 Å². The highest BCUT2D eigenvalue weighted by atomic mass is 35.5. The van der Waals surface area contributed by atoms with Crippen LogP contribution in [-0.2, 0) is 9.53 Å². The van der Waals surface area contributed by atoms with Gasteiger partial charge in [0.05, 0.1) is 6.42 Å². The average molecular weight is 175 g/mol. The predicted molar refractivity (Wildman–Crippen MR) is 43.3 cm³/mol. The Labute approximate surface area is 71.2 Å². The molecule has 11 heavy (non-hydrogen) atoms. The van der Waals surface area contributed by atoms with E-state index in [1.165, 1.54) is 5.54 Å². The smallest absolute Gasteiger partial charge is 0.307 e. The Kier molecular flexibility index (Phi) is 2.23. The summed E-state index contributed by atoms with van der Waals surface area (Å²) >= 11 is 5.41. The molecule has 0 bridgehead atoms. The lowest BCUT2D eigenvalue weighted by Crippen LogP contribution is -2.25. The Hall–Kier alpha value is -0.500. The lowest BCUT2D eigenvalue weighted by Gasteiger charge is -2.21. The lowest BCUT2D eigenvalue weighted by molar-refractivity contribution is -0.146. The first-order valence-corrected chi connectivity index (χ1v) is 3.98. The monoisotopic (exact) mass is 174 g/mol. The van der Waals surface area contributed by atoms with Gasteiger partial charge in [-0.3, -0.25) is 4.79 Å². The molecule has 1 rings (SSSR count). The largest absolute Gasteiger partial charge is 0.459 e. The molecule has 0 radical (unpaired) electrons. The summed E-state index contributed by atoms with van der Waals surface area (Å²) in [6.45, 7) is 3.78. The lowest BCUT2D eigenvalue weighted by atomic mass is 9.91. The number of ether oxygens (including phenoxy) is 1. The second-order valence-corrected chi connectivity index (χ2v) is 3.46. The van der Waals surface area contributed by atoms with Crippen LogP contribution in [0.3, 0.4) is 0 Å². The molecule has 1 atom stereocenters. The maximum Gasteiger partial charge on any atom is 0.307 e. The second kappa shape index (κ2) is 2.86. The van der Waals surface area contributed by atoms with Gasteiger partial charge in [0.25, 0.3) is 0 Å². The zero-order valence-corrected chi connectivity index (χ0v) is 7.39. The average Bonchev–Trinajstić information content (AvgIpc) is 2.07. The molecule has 1 unspecified atom stereocenters. The first kappa shape index (κ1) is 8.60. The molecule has 1 aliphatic heterocycles. The van der Waals surface area contributed by atoms with Crippen molar-refractivity contribution in [2.45, 2.75) is 25.9 Å². The van der Waals surface area contributed by atoms with Gasteiger partial charge in [0.15, 0.2) is 0 Å². The molecule has 0 saturated carbocycles. The first-order valence-electron chi connectivity index (χ1n) is 3.55. The van der Waals surface area contributed by atoms with Gasteiger partial charge >= 0.3 is 5.97 Å².